The third-order valence-corrected chi connectivity index (χ3v) is 7.17. The Morgan fingerprint density at radius 3 is 2.60 bits per heavy atom. The largest absolute Gasteiger partial charge is 0.502 e. The average molecular weight is 512 g/mol. The molecule has 1 aromatic heterocycles. The highest BCUT2D eigenvalue weighted by atomic mass is 35.5. The molecule has 0 aliphatic carbocycles. The molecule has 7 nitrogen and oxygen atoms in total. The number of hydrogen-bond donors (Lipinski definition) is 1. The number of nitrogens with zero attached hydrogens (tertiary/aromatic N) is 3. The van der Waals surface area contributed by atoms with Crippen LogP contribution >= 0.6 is 23.2 Å². The first-order chi connectivity index (χ1) is 16.9. The van der Waals surface area contributed by atoms with Crippen molar-refractivity contribution in [3.63, 3.8) is 0 Å². The molecule has 0 fully saturated rings. The molecule has 0 saturated carbocycles. The van der Waals surface area contributed by atoms with Gasteiger partial charge in [0.15, 0.2) is 11.4 Å². The van der Waals surface area contributed by atoms with Crippen molar-refractivity contribution in [3.8, 4) is 11.5 Å². The minimum atomic E-state index is -0.617. The number of pyridine rings is 1. The third kappa shape index (κ3) is 3.94. The molecule has 5 rings (SSSR count). The van der Waals surface area contributed by atoms with Crippen LogP contribution in [0.2, 0.25) is 10.0 Å². The average Bonchev–Trinajstić information content (AvgIpc) is 2.89. The molecule has 2 aromatic carbocycles. The lowest BCUT2D eigenvalue weighted by atomic mass is 9.96. The maximum atomic E-state index is 13.6. The second-order valence-corrected chi connectivity index (χ2v) is 9.17. The minimum Gasteiger partial charge on any atom is -0.502 e. The molecule has 2 aliphatic heterocycles. The van der Waals surface area contributed by atoms with Gasteiger partial charge in [-0.05, 0) is 24.1 Å². The number of amides is 1. The van der Waals surface area contributed by atoms with Crippen molar-refractivity contribution in [2.24, 2.45) is 0 Å². The van der Waals surface area contributed by atoms with Crippen molar-refractivity contribution in [2.75, 3.05) is 18.3 Å². The van der Waals surface area contributed by atoms with Gasteiger partial charge in [-0.15, -0.1) is 0 Å². The number of benzene rings is 2. The summed E-state index contributed by atoms with van der Waals surface area (Å²) in [6.07, 6.45) is 5.87. The topological polar surface area (TPSA) is 75.0 Å². The number of ether oxygens (including phenoxy) is 1. The molecule has 9 heteroatoms. The molecular weight excluding hydrogens is 489 g/mol. The van der Waals surface area contributed by atoms with Gasteiger partial charge in [-0.1, -0.05) is 72.6 Å². The van der Waals surface area contributed by atoms with Crippen LogP contribution < -0.4 is 15.2 Å². The minimum absolute atomic E-state index is 0.0849. The third-order valence-electron chi connectivity index (χ3n) is 6.38. The Balaban J connectivity index is 1.84. The Morgan fingerprint density at radius 1 is 1.09 bits per heavy atom. The number of carbonyl (C=O) groups is 1. The number of hydrogen-bond acceptors (Lipinski definition) is 5. The van der Waals surface area contributed by atoms with Crippen LogP contribution in [0.5, 0.6) is 11.5 Å². The molecule has 3 heterocycles. The summed E-state index contributed by atoms with van der Waals surface area (Å²) in [4.78, 5) is 27.6. The van der Waals surface area contributed by atoms with E-state index >= 15 is 0 Å². The summed E-state index contributed by atoms with van der Waals surface area (Å²) in [5, 5.41) is 13.3. The lowest BCUT2D eigenvalue weighted by Gasteiger charge is -2.45. The summed E-state index contributed by atoms with van der Waals surface area (Å²) in [7, 11) is 0. The van der Waals surface area contributed by atoms with E-state index in [1.54, 1.807) is 15.6 Å². The summed E-state index contributed by atoms with van der Waals surface area (Å²) in [6.45, 7) is 2.39. The number of carbonyl (C=O) groups excluding carboxylic acids is 1. The molecule has 3 aromatic rings. The number of fused-ring (bicyclic) bond motifs is 5. The van der Waals surface area contributed by atoms with Crippen molar-refractivity contribution >= 4 is 29.1 Å². The van der Waals surface area contributed by atoms with Gasteiger partial charge < -0.3 is 14.7 Å². The van der Waals surface area contributed by atoms with Gasteiger partial charge in [0.25, 0.3) is 5.91 Å². The van der Waals surface area contributed by atoms with Gasteiger partial charge in [-0.3, -0.25) is 19.3 Å². The Hall–Kier alpha value is -3.42. The second-order valence-electron chi connectivity index (χ2n) is 8.39. The fraction of sp³-hybridized carbons (Fsp3) is 0.231. The summed E-state index contributed by atoms with van der Waals surface area (Å²) < 4.78 is 7.69. The van der Waals surface area contributed by atoms with E-state index in [2.05, 4.69) is 0 Å². The molecule has 0 radical (unpaired) electrons. The van der Waals surface area contributed by atoms with Crippen LogP contribution in [0.4, 0.5) is 0 Å². The smallest absolute Gasteiger partial charge is 0.278 e. The lowest BCUT2D eigenvalue weighted by Crippen LogP contribution is -2.57. The molecule has 35 heavy (non-hydrogen) atoms. The van der Waals surface area contributed by atoms with Crippen LogP contribution in [0.15, 0.2) is 71.7 Å². The van der Waals surface area contributed by atoms with Gasteiger partial charge in [0.05, 0.1) is 11.1 Å². The molecular formula is C26H23Cl2N3O4. The standard InChI is InChI=1S/C26H23Cl2N3O4/c1-2-17-9-6-14-35-25-18(10-11-19(27)21(25)28)22(16-7-4-3-5-8-16)31-15-29(17)26(34)23-24(33)20(32)12-13-30(23)31/h3-13,17,22,33H,2,14-15H2,1H3/b9-6+/t17-,22?/m1/s1. The van der Waals surface area contributed by atoms with Crippen molar-refractivity contribution in [1.82, 2.24) is 9.58 Å². The lowest BCUT2D eigenvalue weighted by molar-refractivity contribution is 0.0626. The van der Waals surface area contributed by atoms with E-state index in [4.69, 9.17) is 27.9 Å². The molecule has 180 valence electrons. The fourth-order valence-corrected chi connectivity index (χ4v) is 5.05. The van der Waals surface area contributed by atoms with Gasteiger partial charge in [-0.2, -0.15) is 0 Å². The Kier molecular flexibility index (Phi) is 6.21. The fourth-order valence-electron chi connectivity index (χ4n) is 4.68. The Bertz CT molecular complexity index is 1370. The van der Waals surface area contributed by atoms with Gasteiger partial charge in [-0.25, -0.2) is 0 Å². The van der Waals surface area contributed by atoms with Crippen molar-refractivity contribution < 1.29 is 14.6 Å². The predicted molar refractivity (Wildman–Crippen MR) is 135 cm³/mol. The van der Waals surface area contributed by atoms with Crippen LogP contribution in [0.3, 0.4) is 0 Å². The number of aromatic hydroxyl groups is 1. The molecule has 0 saturated heterocycles. The summed E-state index contributed by atoms with van der Waals surface area (Å²) in [5.74, 6) is -0.574. The maximum Gasteiger partial charge on any atom is 0.278 e. The number of halogens is 2. The molecule has 2 atom stereocenters. The molecule has 1 amide bonds. The molecule has 2 bridgehead atoms. The monoisotopic (exact) mass is 511 g/mol. The molecule has 2 aliphatic rings. The molecule has 1 unspecified atom stereocenters. The van der Waals surface area contributed by atoms with E-state index in [9.17, 15) is 14.7 Å². The van der Waals surface area contributed by atoms with Crippen LogP contribution in [0.1, 0.15) is 41.0 Å². The van der Waals surface area contributed by atoms with Gasteiger partial charge in [0.2, 0.25) is 5.43 Å². The summed E-state index contributed by atoms with van der Waals surface area (Å²) in [6, 6.07) is 13.7. The van der Waals surface area contributed by atoms with Crippen molar-refractivity contribution in [1.29, 1.82) is 0 Å². The zero-order valence-electron chi connectivity index (χ0n) is 18.9. The summed E-state index contributed by atoms with van der Waals surface area (Å²) in [5.41, 5.74) is 0.925. The highest BCUT2D eigenvalue weighted by Crippen LogP contribution is 2.43. The van der Waals surface area contributed by atoms with Gasteiger partial charge in [0, 0.05) is 17.8 Å². The first-order valence-corrected chi connectivity index (χ1v) is 12.0. The van der Waals surface area contributed by atoms with Crippen molar-refractivity contribution in [3.05, 3.63) is 104 Å². The van der Waals surface area contributed by atoms with E-state index in [1.165, 1.54) is 12.3 Å². The van der Waals surface area contributed by atoms with E-state index in [0.717, 1.165) is 11.1 Å². The van der Waals surface area contributed by atoms with E-state index in [0.29, 0.717) is 17.2 Å². The molecule has 1 N–H and O–H groups in total. The van der Waals surface area contributed by atoms with Gasteiger partial charge in [0.1, 0.15) is 30.1 Å². The predicted octanol–water partition coefficient (Wildman–Crippen LogP) is 4.73. The quantitative estimate of drug-likeness (QED) is 0.503. The van der Waals surface area contributed by atoms with Crippen LogP contribution in [0.25, 0.3) is 0 Å². The number of rotatable bonds is 2. The zero-order chi connectivity index (χ0) is 24.7. The van der Waals surface area contributed by atoms with E-state index < -0.39 is 23.1 Å². The van der Waals surface area contributed by atoms with Crippen LogP contribution in [0, 0.1) is 0 Å². The SMILES string of the molecule is CC[C@@H]1/C=C/COc2c(ccc(Cl)c2Cl)C(c2ccccc2)N2CN1C(=O)c1c(O)c(=O)ccn12. The Morgan fingerprint density at radius 2 is 1.86 bits per heavy atom. The second kappa shape index (κ2) is 9.32. The number of aromatic nitrogens is 1. The Labute approximate surface area is 212 Å². The highest BCUT2D eigenvalue weighted by molar-refractivity contribution is 6.43. The van der Waals surface area contributed by atoms with Crippen LogP contribution in [-0.2, 0) is 0 Å². The van der Waals surface area contributed by atoms with Crippen LogP contribution in [-0.4, -0.2) is 39.9 Å². The van der Waals surface area contributed by atoms with Crippen molar-refractivity contribution in [2.45, 2.75) is 25.4 Å². The first kappa shape index (κ1) is 23.3. The first-order valence-electron chi connectivity index (χ1n) is 11.3. The van der Waals surface area contributed by atoms with E-state index in [1.807, 2.05) is 60.5 Å². The van der Waals surface area contributed by atoms with E-state index in [-0.39, 0.29) is 30.0 Å². The highest BCUT2D eigenvalue weighted by Gasteiger charge is 2.39. The van der Waals surface area contributed by atoms with Gasteiger partial charge >= 0.3 is 0 Å². The molecule has 0 spiro atoms. The zero-order valence-corrected chi connectivity index (χ0v) is 20.4. The maximum absolute atomic E-state index is 13.6. The summed E-state index contributed by atoms with van der Waals surface area (Å²) >= 11 is 13.0. The normalized spacial score (nSPS) is 20.4.